The third-order valence-electron chi connectivity index (χ3n) is 4.23. The number of urea groups is 1. The number of hydrogen-bond acceptors (Lipinski definition) is 3. The zero-order valence-corrected chi connectivity index (χ0v) is 13.8. The van der Waals surface area contributed by atoms with Crippen LogP contribution in [0.4, 0.5) is 4.79 Å². The molecule has 5 heteroatoms. The minimum atomic E-state index is -0.498. The first-order valence-electron chi connectivity index (χ1n) is 8.60. The molecule has 0 bridgehead atoms. The fraction of sp³-hybridized carbons (Fsp3) is 0.556. The highest BCUT2D eigenvalue weighted by molar-refractivity contribution is 5.97. The van der Waals surface area contributed by atoms with Crippen LogP contribution >= 0.6 is 0 Å². The molecule has 0 saturated heterocycles. The average molecular weight is 317 g/mol. The van der Waals surface area contributed by atoms with Crippen molar-refractivity contribution in [1.82, 2.24) is 16.0 Å². The maximum atomic E-state index is 12.6. The third-order valence-corrected chi connectivity index (χ3v) is 4.23. The molecule has 1 aromatic carbocycles. The van der Waals surface area contributed by atoms with Gasteiger partial charge in [0.05, 0.1) is 0 Å². The van der Waals surface area contributed by atoms with E-state index in [9.17, 15) is 9.59 Å². The number of carbonyl (C=O) groups is 2. The Labute approximate surface area is 138 Å². The van der Waals surface area contributed by atoms with Gasteiger partial charge in [0.1, 0.15) is 6.04 Å². The molecule has 3 N–H and O–H groups in total. The van der Waals surface area contributed by atoms with Gasteiger partial charge in [0.25, 0.3) is 0 Å². The molecule has 0 radical (unpaired) electrons. The molecule has 0 aromatic heterocycles. The largest absolute Gasteiger partial charge is 0.338 e. The molecule has 1 saturated carbocycles. The smallest absolute Gasteiger partial charge is 0.321 e. The molecule has 0 heterocycles. The van der Waals surface area contributed by atoms with Crippen molar-refractivity contribution in [3.05, 3.63) is 35.9 Å². The Hall–Kier alpha value is -1.88. The van der Waals surface area contributed by atoms with Crippen molar-refractivity contribution < 1.29 is 9.59 Å². The van der Waals surface area contributed by atoms with Gasteiger partial charge in [0.2, 0.25) is 5.91 Å². The molecular formula is C18H27N3O2. The van der Waals surface area contributed by atoms with E-state index in [0.29, 0.717) is 12.6 Å². The highest BCUT2D eigenvalue weighted by Gasteiger charge is 2.25. The summed E-state index contributed by atoms with van der Waals surface area (Å²) >= 11 is 0. The van der Waals surface area contributed by atoms with E-state index in [-0.39, 0.29) is 5.91 Å². The summed E-state index contributed by atoms with van der Waals surface area (Å²) in [5, 5.41) is 8.50. The Morgan fingerprint density at radius 2 is 1.74 bits per heavy atom. The summed E-state index contributed by atoms with van der Waals surface area (Å²) in [5.41, 5.74) is 0.888. The topological polar surface area (TPSA) is 70.2 Å². The predicted molar refractivity (Wildman–Crippen MR) is 91.0 cm³/mol. The van der Waals surface area contributed by atoms with E-state index in [1.807, 2.05) is 37.3 Å². The summed E-state index contributed by atoms with van der Waals surface area (Å²) in [4.78, 5) is 24.2. The molecule has 1 aliphatic carbocycles. The Morgan fingerprint density at radius 1 is 1.09 bits per heavy atom. The first-order valence-corrected chi connectivity index (χ1v) is 8.60. The van der Waals surface area contributed by atoms with Crippen LogP contribution in [-0.4, -0.2) is 24.5 Å². The summed E-state index contributed by atoms with van der Waals surface area (Å²) in [5.74, 6) is -0.300. The van der Waals surface area contributed by atoms with Crippen molar-refractivity contribution >= 4 is 11.9 Å². The Bertz CT molecular complexity index is 496. The van der Waals surface area contributed by atoms with Crippen molar-refractivity contribution in [3.63, 3.8) is 0 Å². The summed E-state index contributed by atoms with van der Waals surface area (Å²) < 4.78 is 0. The Balaban J connectivity index is 2.08. The third kappa shape index (κ3) is 5.67. The number of amides is 3. The number of hydrogen-bond donors (Lipinski definition) is 3. The van der Waals surface area contributed by atoms with Crippen LogP contribution in [0.1, 0.15) is 57.1 Å². The van der Waals surface area contributed by atoms with Gasteiger partial charge in [0, 0.05) is 12.6 Å². The predicted octanol–water partition coefficient (Wildman–Crippen LogP) is 2.89. The van der Waals surface area contributed by atoms with Crippen molar-refractivity contribution in [2.24, 2.45) is 0 Å². The fourth-order valence-electron chi connectivity index (χ4n) is 3.04. The number of nitrogens with one attached hydrogen (secondary N) is 3. The van der Waals surface area contributed by atoms with Crippen LogP contribution in [0, 0.1) is 0 Å². The summed E-state index contributed by atoms with van der Waals surface area (Å²) in [6.07, 6.45) is 7.07. The van der Waals surface area contributed by atoms with Gasteiger partial charge in [-0.05, 0) is 25.3 Å². The monoisotopic (exact) mass is 317 g/mol. The minimum absolute atomic E-state index is 0.300. The van der Waals surface area contributed by atoms with Gasteiger partial charge in [-0.1, -0.05) is 56.0 Å². The normalized spacial score (nSPS) is 17.1. The summed E-state index contributed by atoms with van der Waals surface area (Å²) in [6, 6.07) is 8.98. The van der Waals surface area contributed by atoms with E-state index in [1.165, 1.54) is 25.7 Å². The van der Waals surface area contributed by atoms with Crippen molar-refractivity contribution in [2.75, 3.05) is 6.54 Å². The van der Waals surface area contributed by atoms with Crippen LogP contribution in [0.15, 0.2) is 30.3 Å². The molecule has 0 spiro atoms. The van der Waals surface area contributed by atoms with E-state index in [4.69, 9.17) is 0 Å². The van der Waals surface area contributed by atoms with E-state index in [1.54, 1.807) is 0 Å². The molecular weight excluding hydrogens is 290 g/mol. The average Bonchev–Trinajstić information content (AvgIpc) is 2.82. The van der Waals surface area contributed by atoms with Crippen LogP contribution < -0.4 is 16.0 Å². The molecule has 3 amide bonds. The van der Waals surface area contributed by atoms with Gasteiger partial charge in [-0.2, -0.15) is 0 Å². The molecule has 1 fully saturated rings. The minimum Gasteiger partial charge on any atom is -0.338 e. The van der Waals surface area contributed by atoms with Gasteiger partial charge in [-0.15, -0.1) is 0 Å². The van der Waals surface area contributed by atoms with Crippen LogP contribution in [0.2, 0.25) is 0 Å². The van der Waals surface area contributed by atoms with Gasteiger partial charge in [-0.25, -0.2) is 4.79 Å². The molecule has 2 rings (SSSR count). The maximum absolute atomic E-state index is 12.6. The first-order chi connectivity index (χ1) is 11.2. The van der Waals surface area contributed by atoms with Crippen LogP contribution in [0.5, 0.6) is 0 Å². The van der Waals surface area contributed by atoms with Crippen LogP contribution in [0.25, 0.3) is 0 Å². The molecule has 1 atom stereocenters. The number of benzene rings is 1. The van der Waals surface area contributed by atoms with Crippen molar-refractivity contribution in [1.29, 1.82) is 0 Å². The van der Waals surface area contributed by atoms with E-state index >= 15 is 0 Å². The molecule has 126 valence electrons. The van der Waals surface area contributed by atoms with E-state index in [0.717, 1.165) is 18.4 Å². The zero-order chi connectivity index (χ0) is 16.5. The zero-order valence-electron chi connectivity index (χ0n) is 13.8. The number of carbonyl (C=O) groups excluding carboxylic acids is 2. The number of rotatable bonds is 5. The van der Waals surface area contributed by atoms with Crippen LogP contribution in [0.3, 0.4) is 0 Å². The maximum Gasteiger partial charge on any atom is 0.321 e. The molecule has 1 aliphatic rings. The molecule has 5 nitrogen and oxygen atoms in total. The highest BCUT2D eigenvalue weighted by atomic mass is 16.2. The fourth-order valence-corrected chi connectivity index (χ4v) is 3.04. The van der Waals surface area contributed by atoms with Crippen molar-refractivity contribution in [2.45, 2.75) is 57.5 Å². The first kappa shape index (κ1) is 17.5. The van der Waals surface area contributed by atoms with Gasteiger partial charge < -0.3 is 5.32 Å². The second-order valence-electron chi connectivity index (χ2n) is 6.05. The quantitative estimate of drug-likeness (QED) is 0.731. The summed E-state index contributed by atoms with van der Waals surface area (Å²) in [7, 11) is 0. The SMILES string of the molecule is CCNC(=O)NC(=O)[C@H](NC1CCCCCC1)c1ccccc1. The van der Waals surface area contributed by atoms with E-state index in [2.05, 4.69) is 16.0 Å². The van der Waals surface area contributed by atoms with Gasteiger partial charge >= 0.3 is 6.03 Å². The Kier molecular flexibility index (Phi) is 7.07. The Morgan fingerprint density at radius 3 is 2.35 bits per heavy atom. The molecule has 23 heavy (non-hydrogen) atoms. The lowest BCUT2D eigenvalue weighted by molar-refractivity contribution is -0.122. The number of imide groups is 1. The highest BCUT2D eigenvalue weighted by Crippen LogP contribution is 2.21. The second-order valence-corrected chi connectivity index (χ2v) is 6.05. The van der Waals surface area contributed by atoms with Crippen LogP contribution in [-0.2, 0) is 4.79 Å². The van der Waals surface area contributed by atoms with Gasteiger partial charge in [-0.3, -0.25) is 15.4 Å². The molecule has 1 aromatic rings. The standard InChI is InChI=1S/C18H27N3O2/c1-2-19-18(23)21-17(22)16(14-10-6-5-7-11-14)20-15-12-8-3-4-9-13-15/h5-7,10-11,15-16,20H,2-4,8-9,12-13H2,1H3,(H2,19,21,22,23)/t16-/m1/s1. The lowest BCUT2D eigenvalue weighted by Gasteiger charge is -2.24. The summed E-state index contributed by atoms with van der Waals surface area (Å²) in [6.45, 7) is 2.31. The lowest BCUT2D eigenvalue weighted by atomic mass is 10.0. The molecule has 0 unspecified atom stereocenters. The van der Waals surface area contributed by atoms with Crippen molar-refractivity contribution in [3.8, 4) is 0 Å². The van der Waals surface area contributed by atoms with E-state index < -0.39 is 12.1 Å². The lowest BCUT2D eigenvalue weighted by Crippen LogP contribution is -2.47. The second kappa shape index (κ2) is 9.30. The van der Waals surface area contributed by atoms with Gasteiger partial charge in [0.15, 0.2) is 0 Å². The molecule has 0 aliphatic heterocycles.